The minimum absolute atomic E-state index is 0.651. The Kier molecular flexibility index (Phi) is 2.97. The smallest absolute Gasteiger partial charge is 0.108 e. The van der Waals surface area contributed by atoms with Gasteiger partial charge in [0.1, 0.15) is 6.10 Å². The van der Waals surface area contributed by atoms with E-state index in [-0.39, 0.29) is 0 Å². The van der Waals surface area contributed by atoms with Crippen molar-refractivity contribution >= 4 is 0 Å². The third-order valence-corrected chi connectivity index (χ3v) is 2.68. The molecule has 2 aromatic heterocycles. The second-order valence-electron chi connectivity index (χ2n) is 3.76. The van der Waals surface area contributed by atoms with E-state index in [2.05, 4.69) is 9.97 Å². The van der Waals surface area contributed by atoms with Gasteiger partial charge in [0.25, 0.3) is 0 Å². The number of pyridine rings is 2. The predicted octanol–water partition coefficient (Wildman–Crippen LogP) is 2.18. The minimum Gasteiger partial charge on any atom is -0.384 e. The average molecular weight is 214 g/mol. The monoisotopic (exact) mass is 214 g/mol. The second-order valence-corrected chi connectivity index (χ2v) is 3.76. The molecule has 16 heavy (non-hydrogen) atoms. The summed E-state index contributed by atoms with van der Waals surface area (Å²) in [5.41, 5.74) is 3.36. The first-order valence-corrected chi connectivity index (χ1v) is 5.21. The third-order valence-electron chi connectivity index (χ3n) is 2.68. The van der Waals surface area contributed by atoms with E-state index in [1.807, 2.05) is 38.1 Å². The summed E-state index contributed by atoms with van der Waals surface area (Å²) in [4.78, 5) is 8.35. The lowest BCUT2D eigenvalue weighted by atomic mass is 10.00. The predicted molar refractivity (Wildman–Crippen MR) is 62.0 cm³/mol. The Morgan fingerprint density at radius 2 is 1.38 bits per heavy atom. The molecule has 82 valence electrons. The highest BCUT2D eigenvalue weighted by molar-refractivity contribution is 5.33. The minimum atomic E-state index is -0.651. The summed E-state index contributed by atoms with van der Waals surface area (Å²) in [6.07, 6.45) is 2.80. The molecule has 1 N–H and O–H groups in total. The highest BCUT2D eigenvalue weighted by Gasteiger charge is 2.15. The summed E-state index contributed by atoms with van der Waals surface area (Å²) in [5, 5.41) is 10.3. The van der Waals surface area contributed by atoms with Gasteiger partial charge < -0.3 is 5.11 Å². The number of aliphatic hydroxyl groups is 1. The lowest BCUT2D eigenvalue weighted by molar-refractivity contribution is 0.217. The molecular weight excluding hydrogens is 200 g/mol. The zero-order valence-electron chi connectivity index (χ0n) is 9.38. The van der Waals surface area contributed by atoms with Crippen LogP contribution in [0.5, 0.6) is 0 Å². The molecule has 0 fully saturated rings. The van der Waals surface area contributed by atoms with Crippen LogP contribution in [0, 0.1) is 13.8 Å². The van der Waals surface area contributed by atoms with E-state index in [0.29, 0.717) is 0 Å². The van der Waals surface area contributed by atoms with Crippen LogP contribution in [0.2, 0.25) is 0 Å². The fourth-order valence-corrected chi connectivity index (χ4v) is 1.74. The second kappa shape index (κ2) is 4.41. The van der Waals surface area contributed by atoms with E-state index in [4.69, 9.17) is 0 Å². The number of rotatable bonds is 2. The highest BCUT2D eigenvalue weighted by Crippen LogP contribution is 2.24. The third kappa shape index (κ3) is 1.95. The van der Waals surface area contributed by atoms with Crippen molar-refractivity contribution in [1.82, 2.24) is 9.97 Å². The summed E-state index contributed by atoms with van der Waals surface area (Å²) in [5.74, 6) is 0. The molecule has 0 aliphatic heterocycles. The molecule has 2 aromatic rings. The number of aromatic nitrogens is 2. The van der Waals surface area contributed by atoms with Crippen LogP contribution in [0.25, 0.3) is 0 Å². The molecule has 0 unspecified atom stereocenters. The van der Waals surface area contributed by atoms with E-state index in [0.717, 1.165) is 22.5 Å². The summed E-state index contributed by atoms with van der Waals surface area (Å²) < 4.78 is 0. The number of aliphatic hydroxyl groups excluding tert-OH is 1. The van der Waals surface area contributed by atoms with Gasteiger partial charge in [0, 0.05) is 34.9 Å². The Morgan fingerprint density at radius 1 is 0.938 bits per heavy atom. The Balaban J connectivity index is 2.44. The quantitative estimate of drug-likeness (QED) is 0.833. The number of nitrogens with zero attached hydrogens (tertiary/aromatic N) is 2. The van der Waals surface area contributed by atoms with Crippen molar-refractivity contribution in [2.45, 2.75) is 20.0 Å². The summed E-state index contributed by atoms with van der Waals surface area (Å²) in [7, 11) is 0. The molecule has 2 rings (SSSR count). The molecule has 0 bridgehead atoms. The Morgan fingerprint density at radius 3 is 1.75 bits per heavy atom. The van der Waals surface area contributed by atoms with Crippen molar-refractivity contribution in [2.75, 3.05) is 0 Å². The van der Waals surface area contributed by atoms with Gasteiger partial charge in [0.05, 0.1) is 0 Å². The van der Waals surface area contributed by atoms with Crippen molar-refractivity contribution in [3.8, 4) is 0 Å². The normalized spacial score (nSPS) is 10.8. The average Bonchev–Trinajstić information content (AvgIpc) is 2.29. The molecule has 0 saturated carbocycles. The maximum absolute atomic E-state index is 10.3. The lowest BCUT2D eigenvalue weighted by Crippen LogP contribution is -2.05. The van der Waals surface area contributed by atoms with Crippen molar-refractivity contribution in [2.24, 2.45) is 0 Å². The standard InChI is InChI=1S/C13H14N2O/c1-9-11(5-3-7-14-9)13(16)12-6-4-8-15-10(12)2/h3-8,13,16H,1-2H3. The fourth-order valence-electron chi connectivity index (χ4n) is 1.74. The van der Waals surface area contributed by atoms with Crippen LogP contribution in [0.1, 0.15) is 28.6 Å². The maximum Gasteiger partial charge on any atom is 0.108 e. The molecule has 0 amide bonds. The molecule has 2 heterocycles. The van der Waals surface area contributed by atoms with Crippen LogP contribution < -0.4 is 0 Å². The van der Waals surface area contributed by atoms with Crippen LogP contribution in [0.4, 0.5) is 0 Å². The molecule has 3 heteroatoms. The number of aryl methyl sites for hydroxylation is 2. The van der Waals surface area contributed by atoms with E-state index in [1.54, 1.807) is 12.4 Å². The Hall–Kier alpha value is -1.74. The highest BCUT2D eigenvalue weighted by atomic mass is 16.3. The topological polar surface area (TPSA) is 46.0 Å². The zero-order valence-corrected chi connectivity index (χ0v) is 9.38. The van der Waals surface area contributed by atoms with Gasteiger partial charge in [0.2, 0.25) is 0 Å². The van der Waals surface area contributed by atoms with Crippen molar-refractivity contribution < 1.29 is 5.11 Å². The Bertz CT molecular complexity index is 451. The number of hydrogen-bond donors (Lipinski definition) is 1. The Labute approximate surface area is 94.8 Å². The molecule has 0 spiro atoms. The maximum atomic E-state index is 10.3. The van der Waals surface area contributed by atoms with Crippen LogP contribution in [-0.4, -0.2) is 15.1 Å². The van der Waals surface area contributed by atoms with E-state index >= 15 is 0 Å². The van der Waals surface area contributed by atoms with Crippen LogP contribution >= 0.6 is 0 Å². The van der Waals surface area contributed by atoms with Crippen molar-refractivity contribution in [3.63, 3.8) is 0 Å². The van der Waals surface area contributed by atoms with E-state index < -0.39 is 6.10 Å². The molecule has 0 radical (unpaired) electrons. The van der Waals surface area contributed by atoms with Crippen molar-refractivity contribution in [1.29, 1.82) is 0 Å². The summed E-state index contributed by atoms with van der Waals surface area (Å²) in [6.45, 7) is 3.79. The lowest BCUT2D eigenvalue weighted by Gasteiger charge is -2.14. The molecular formula is C13H14N2O. The summed E-state index contributed by atoms with van der Waals surface area (Å²) >= 11 is 0. The molecule has 0 saturated heterocycles. The van der Waals surface area contributed by atoms with Crippen LogP contribution in [-0.2, 0) is 0 Å². The van der Waals surface area contributed by atoms with Crippen molar-refractivity contribution in [3.05, 3.63) is 59.2 Å². The first-order valence-electron chi connectivity index (χ1n) is 5.21. The molecule has 0 aliphatic rings. The van der Waals surface area contributed by atoms with Gasteiger partial charge in [-0.1, -0.05) is 12.1 Å². The molecule has 0 aliphatic carbocycles. The van der Waals surface area contributed by atoms with Crippen LogP contribution in [0.3, 0.4) is 0 Å². The molecule has 3 nitrogen and oxygen atoms in total. The van der Waals surface area contributed by atoms with Gasteiger partial charge in [-0.2, -0.15) is 0 Å². The van der Waals surface area contributed by atoms with Gasteiger partial charge in [-0.3, -0.25) is 9.97 Å². The van der Waals surface area contributed by atoms with E-state index in [9.17, 15) is 5.11 Å². The van der Waals surface area contributed by atoms with Crippen LogP contribution in [0.15, 0.2) is 36.7 Å². The number of hydrogen-bond acceptors (Lipinski definition) is 3. The molecule has 0 aromatic carbocycles. The van der Waals surface area contributed by atoms with Gasteiger partial charge in [-0.05, 0) is 26.0 Å². The first kappa shape index (κ1) is 10.8. The van der Waals surface area contributed by atoms with Gasteiger partial charge in [-0.25, -0.2) is 0 Å². The fraction of sp³-hybridized carbons (Fsp3) is 0.231. The zero-order chi connectivity index (χ0) is 11.5. The molecule has 0 atom stereocenters. The largest absolute Gasteiger partial charge is 0.384 e. The van der Waals surface area contributed by atoms with E-state index in [1.165, 1.54) is 0 Å². The van der Waals surface area contributed by atoms with Gasteiger partial charge >= 0.3 is 0 Å². The SMILES string of the molecule is Cc1ncccc1C(O)c1cccnc1C. The van der Waals surface area contributed by atoms with Gasteiger partial charge in [0.15, 0.2) is 0 Å². The van der Waals surface area contributed by atoms with Gasteiger partial charge in [-0.15, -0.1) is 0 Å². The first-order chi connectivity index (χ1) is 7.70. The summed E-state index contributed by atoms with van der Waals surface area (Å²) in [6, 6.07) is 7.44.